The lowest BCUT2D eigenvalue weighted by Crippen LogP contribution is -2.56. The Morgan fingerprint density at radius 3 is 2.37 bits per heavy atom. The van der Waals surface area contributed by atoms with Gasteiger partial charge in [0.1, 0.15) is 5.76 Å². The Balaban J connectivity index is 1.72. The Morgan fingerprint density at radius 1 is 1.13 bits per heavy atom. The number of aromatic nitrogens is 1. The molecule has 0 amide bonds. The maximum atomic E-state index is 12.8. The number of fused-ring (bicyclic) bond motifs is 2. The summed E-state index contributed by atoms with van der Waals surface area (Å²) < 4.78 is 5.77. The van der Waals surface area contributed by atoms with Crippen LogP contribution in [0.3, 0.4) is 0 Å². The van der Waals surface area contributed by atoms with Gasteiger partial charge in [-0.25, -0.2) is 0 Å². The minimum atomic E-state index is -0.682. The second-order valence-electron chi connectivity index (χ2n) is 15.7. The van der Waals surface area contributed by atoms with E-state index in [-0.39, 0.29) is 38.8 Å². The Hall–Kier alpha value is -1.91. The molecular formula is C33H51NO4. The first-order valence-corrected chi connectivity index (χ1v) is 14.7. The summed E-state index contributed by atoms with van der Waals surface area (Å²) in [7, 11) is 0. The molecule has 0 bridgehead atoms. The van der Waals surface area contributed by atoms with E-state index in [9.17, 15) is 14.7 Å². The van der Waals surface area contributed by atoms with Crippen LogP contribution >= 0.6 is 0 Å². The average molecular weight is 526 g/mol. The zero-order chi connectivity index (χ0) is 28.5. The molecule has 1 aromatic rings. The fourth-order valence-corrected chi connectivity index (χ4v) is 9.32. The highest BCUT2D eigenvalue weighted by atomic mass is 16.5. The number of aliphatic carboxylic acids is 1. The standard InChI is InChI=1S/C33H51NO4/c1-21-18-28(3,4)13-15-33(21,27(36)37)16-14-29(5,6)32(10)12-11-24-30(7,8)26-23(20-34-38-26)19-31(24,9)25(32)17-22(2)35/h17,20-21,24H,11-16,18-19H2,1-10H3,(H,36,37)/b25-17-/t21?,24?,31-,32+,33-/m0/s1. The summed E-state index contributed by atoms with van der Waals surface area (Å²) in [6.45, 7) is 22.2. The van der Waals surface area contributed by atoms with E-state index >= 15 is 0 Å². The fourth-order valence-electron chi connectivity index (χ4n) is 9.32. The van der Waals surface area contributed by atoms with Gasteiger partial charge in [0.05, 0.1) is 11.6 Å². The van der Waals surface area contributed by atoms with Gasteiger partial charge in [0, 0.05) is 11.0 Å². The van der Waals surface area contributed by atoms with E-state index in [0.29, 0.717) is 12.3 Å². The molecule has 212 valence electrons. The Morgan fingerprint density at radius 2 is 1.79 bits per heavy atom. The van der Waals surface area contributed by atoms with Crippen LogP contribution < -0.4 is 0 Å². The summed E-state index contributed by atoms with van der Waals surface area (Å²) >= 11 is 0. The largest absolute Gasteiger partial charge is 0.481 e. The second kappa shape index (κ2) is 9.06. The molecule has 5 heteroatoms. The molecule has 0 spiro atoms. The molecule has 2 unspecified atom stereocenters. The van der Waals surface area contributed by atoms with E-state index in [1.807, 2.05) is 12.3 Å². The van der Waals surface area contributed by atoms with Gasteiger partial charge in [-0.2, -0.15) is 0 Å². The summed E-state index contributed by atoms with van der Waals surface area (Å²) in [5, 5.41) is 14.7. The van der Waals surface area contributed by atoms with Crippen molar-refractivity contribution in [3.05, 3.63) is 29.2 Å². The van der Waals surface area contributed by atoms with Crippen molar-refractivity contribution in [1.29, 1.82) is 0 Å². The molecule has 2 saturated carbocycles. The third-order valence-electron chi connectivity index (χ3n) is 12.1. The zero-order valence-corrected chi connectivity index (χ0v) is 25.6. The summed E-state index contributed by atoms with van der Waals surface area (Å²) in [6.07, 6.45) is 10.7. The molecule has 5 nitrogen and oxygen atoms in total. The Bertz CT molecular complexity index is 1140. The van der Waals surface area contributed by atoms with Gasteiger partial charge in [-0.3, -0.25) is 9.59 Å². The highest BCUT2D eigenvalue weighted by Gasteiger charge is 2.62. The van der Waals surface area contributed by atoms with E-state index in [2.05, 4.69) is 67.5 Å². The van der Waals surface area contributed by atoms with E-state index in [1.165, 1.54) is 5.57 Å². The highest BCUT2D eigenvalue weighted by Crippen LogP contribution is 2.68. The van der Waals surface area contributed by atoms with E-state index < -0.39 is 11.4 Å². The van der Waals surface area contributed by atoms with Crippen LogP contribution in [0.5, 0.6) is 0 Å². The molecule has 0 radical (unpaired) electrons. The summed E-state index contributed by atoms with van der Waals surface area (Å²) in [5.74, 6) is 0.908. The maximum absolute atomic E-state index is 12.8. The van der Waals surface area contributed by atoms with Crippen molar-refractivity contribution in [3.63, 3.8) is 0 Å². The van der Waals surface area contributed by atoms with Crippen LogP contribution in [0.15, 0.2) is 22.4 Å². The van der Waals surface area contributed by atoms with Gasteiger partial charge in [0.15, 0.2) is 5.78 Å². The monoisotopic (exact) mass is 525 g/mol. The topological polar surface area (TPSA) is 80.4 Å². The van der Waals surface area contributed by atoms with Crippen LogP contribution in [0.2, 0.25) is 0 Å². The minimum absolute atomic E-state index is 0.0861. The Kier molecular flexibility index (Phi) is 6.93. The molecule has 38 heavy (non-hydrogen) atoms. The quantitative estimate of drug-likeness (QED) is 0.379. The van der Waals surface area contributed by atoms with Crippen LogP contribution in [-0.2, 0) is 21.4 Å². The molecule has 1 N–H and O–H groups in total. The van der Waals surface area contributed by atoms with E-state index in [4.69, 9.17) is 4.52 Å². The number of carbonyl (C=O) groups is 2. The highest BCUT2D eigenvalue weighted by molar-refractivity contribution is 5.88. The molecule has 0 aromatic carbocycles. The Labute approximate surface area is 230 Å². The van der Waals surface area contributed by atoms with Crippen molar-refractivity contribution in [2.45, 2.75) is 126 Å². The van der Waals surface area contributed by atoms with Gasteiger partial charge in [0.25, 0.3) is 0 Å². The smallest absolute Gasteiger partial charge is 0.309 e. The van der Waals surface area contributed by atoms with Gasteiger partial charge in [-0.05, 0) is 97.9 Å². The first-order valence-electron chi connectivity index (χ1n) is 14.7. The first-order chi connectivity index (χ1) is 17.3. The van der Waals surface area contributed by atoms with Crippen LogP contribution in [0.4, 0.5) is 0 Å². The number of allylic oxidation sites excluding steroid dienone is 2. The average Bonchev–Trinajstić information content (AvgIpc) is 3.24. The number of carboxylic acid groups (broad SMARTS) is 1. The molecule has 2 fully saturated rings. The molecule has 1 heterocycles. The molecule has 3 aliphatic rings. The van der Waals surface area contributed by atoms with Crippen LogP contribution in [-0.4, -0.2) is 22.0 Å². The predicted octanol–water partition coefficient (Wildman–Crippen LogP) is 8.17. The fraction of sp³-hybridized carbons (Fsp3) is 0.788. The molecular weight excluding hydrogens is 474 g/mol. The van der Waals surface area contributed by atoms with Crippen LogP contribution in [0.1, 0.15) is 126 Å². The van der Waals surface area contributed by atoms with Gasteiger partial charge in [-0.15, -0.1) is 0 Å². The van der Waals surface area contributed by atoms with Crippen molar-refractivity contribution in [2.24, 2.45) is 38.9 Å². The molecule has 1 aromatic heterocycles. The third-order valence-corrected chi connectivity index (χ3v) is 12.1. The normalized spacial score (nSPS) is 37.4. The van der Waals surface area contributed by atoms with E-state index in [0.717, 1.165) is 56.3 Å². The van der Waals surface area contributed by atoms with Crippen LogP contribution in [0.25, 0.3) is 0 Å². The SMILES string of the molecule is CC(=O)/C=C1/[C@@]2(C)Cc3cnoc3C(C)(C)C2CC[C@@]1(C)C(C)(C)CC[C@@]1(C(=O)O)CCC(C)(C)CC1C. The van der Waals surface area contributed by atoms with Gasteiger partial charge in [0.2, 0.25) is 0 Å². The molecule has 0 saturated heterocycles. The van der Waals surface area contributed by atoms with Crippen molar-refractivity contribution in [1.82, 2.24) is 5.16 Å². The van der Waals surface area contributed by atoms with Gasteiger partial charge < -0.3 is 9.63 Å². The van der Waals surface area contributed by atoms with E-state index in [1.54, 1.807) is 6.92 Å². The lowest BCUT2D eigenvalue weighted by molar-refractivity contribution is -0.159. The first kappa shape index (κ1) is 29.1. The maximum Gasteiger partial charge on any atom is 0.309 e. The third kappa shape index (κ3) is 4.31. The number of hydrogen-bond donors (Lipinski definition) is 1. The zero-order valence-electron chi connectivity index (χ0n) is 25.6. The van der Waals surface area contributed by atoms with Crippen molar-refractivity contribution in [2.75, 3.05) is 0 Å². The number of rotatable bonds is 6. The summed E-state index contributed by atoms with van der Waals surface area (Å²) in [6, 6.07) is 0. The number of hydrogen-bond acceptors (Lipinski definition) is 4. The lowest BCUT2D eigenvalue weighted by Gasteiger charge is -2.62. The van der Waals surface area contributed by atoms with Crippen molar-refractivity contribution >= 4 is 11.8 Å². The van der Waals surface area contributed by atoms with Gasteiger partial charge in [-0.1, -0.05) is 73.0 Å². The second-order valence-corrected chi connectivity index (χ2v) is 15.7. The van der Waals surface area contributed by atoms with Gasteiger partial charge >= 0.3 is 5.97 Å². The molecule has 5 atom stereocenters. The number of nitrogens with zero attached hydrogens (tertiary/aromatic N) is 1. The number of carbonyl (C=O) groups excluding carboxylic acids is 1. The van der Waals surface area contributed by atoms with Crippen molar-refractivity contribution < 1.29 is 19.2 Å². The number of ketones is 1. The summed E-state index contributed by atoms with van der Waals surface area (Å²) in [5.41, 5.74) is 1.09. The minimum Gasteiger partial charge on any atom is -0.481 e. The molecule has 3 aliphatic carbocycles. The lowest BCUT2D eigenvalue weighted by atomic mass is 9.41. The molecule has 4 rings (SSSR count). The van der Waals surface area contributed by atoms with Crippen LogP contribution in [0, 0.1) is 38.9 Å². The summed E-state index contributed by atoms with van der Waals surface area (Å²) in [4.78, 5) is 25.6. The van der Waals surface area contributed by atoms with Crippen molar-refractivity contribution in [3.8, 4) is 0 Å². The number of carboxylic acids is 1. The predicted molar refractivity (Wildman–Crippen MR) is 151 cm³/mol. The molecule has 0 aliphatic heterocycles.